The minimum Gasteiger partial charge on any atom is -0.325 e. The molecule has 1 heteroatoms. The molecule has 100 valence electrons. The lowest BCUT2D eigenvalue weighted by Gasteiger charge is -2.45. The summed E-state index contributed by atoms with van der Waals surface area (Å²) < 4.78 is 0. The van der Waals surface area contributed by atoms with E-state index >= 15 is 0 Å². The zero-order valence-electron chi connectivity index (χ0n) is 11.9. The topological polar surface area (TPSA) is 26.0 Å². The molecule has 0 amide bonds. The first-order chi connectivity index (χ1) is 8.18. The second-order valence-electron chi connectivity index (χ2n) is 6.71. The van der Waals surface area contributed by atoms with Crippen molar-refractivity contribution in [2.24, 2.45) is 23.5 Å². The van der Waals surface area contributed by atoms with E-state index in [4.69, 9.17) is 5.73 Å². The van der Waals surface area contributed by atoms with E-state index in [0.717, 1.165) is 17.8 Å². The van der Waals surface area contributed by atoms with Gasteiger partial charge in [-0.15, -0.1) is 0 Å². The standard InChI is InChI=1S/C16H31N/c1-3-13-5-7-15(8-6-13)16(17)11-9-14(4-2)10-12-16/h13-15H,3-12,17H2,1-2H3. The Hall–Kier alpha value is -0.0400. The van der Waals surface area contributed by atoms with E-state index in [9.17, 15) is 0 Å². The minimum atomic E-state index is 0.213. The van der Waals surface area contributed by atoms with E-state index in [0.29, 0.717) is 0 Å². The zero-order chi connectivity index (χ0) is 12.3. The Morgan fingerprint density at radius 2 is 1.29 bits per heavy atom. The summed E-state index contributed by atoms with van der Waals surface area (Å²) in [5.74, 6) is 2.81. The zero-order valence-corrected chi connectivity index (χ0v) is 11.9. The molecule has 0 radical (unpaired) electrons. The first kappa shape index (κ1) is 13.4. The highest BCUT2D eigenvalue weighted by molar-refractivity contribution is 4.96. The molecule has 0 heterocycles. The summed E-state index contributed by atoms with van der Waals surface area (Å²) in [5, 5.41) is 0. The Morgan fingerprint density at radius 1 is 0.824 bits per heavy atom. The molecule has 2 N–H and O–H groups in total. The van der Waals surface area contributed by atoms with Crippen LogP contribution in [0, 0.1) is 17.8 Å². The van der Waals surface area contributed by atoms with E-state index in [-0.39, 0.29) is 5.54 Å². The molecule has 17 heavy (non-hydrogen) atoms. The van der Waals surface area contributed by atoms with Gasteiger partial charge in [0.25, 0.3) is 0 Å². The number of nitrogens with two attached hydrogens (primary N) is 1. The van der Waals surface area contributed by atoms with E-state index in [2.05, 4.69) is 13.8 Å². The van der Waals surface area contributed by atoms with Gasteiger partial charge in [-0.3, -0.25) is 0 Å². The highest BCUT2D eigenvalue weighted by Gasteiger charge is 2.39. The predicted molar refractivity (Wildman–Crippen MR) is 74.9 cm³/mol. The average Bonchev–Trinajstić information content (AvgIpc) is 2.40. The van der Waals surface area contributed by atoms with Crippen LogP contribution in [-0.2, 0) is 0 Å². The molecule has 0 spiro atoms. The van der Waals surface area contributed by atoms with Crippen molar-refractivity contribution in [1.82, 2.24) is 0 Å². The second-order valence-corrected chi connectivity index (χ2v) is 6.71. The molecule has 2 aliphatic carbocycles. The Balaban J connectivity index is 1.85. The first-order valence-electron chi connectivity index (χ1n) is 7.96. The van der Waals surface area contributed by atoms with Gasteiger partial charge in [0.2, 0.25) is 0 Å². The van der Waals surface area contributed by atoms with Crippen molar-refractivity contribution in [1.29, 1.82) is 0 Å². The van der Waals surface area contributed by atoms with Gasteiger partial charge >= 0.3 is 0 Å². The summed E-state index contributed by atoms with van der Waals surface area (Å²) in [4.78, 5) is 0. The molecular weight excluding hydrogens is 206 g/mol. The van der Waals surface area contributed by atoms with Crippen LogP contribution in [0.25, 0.3) is 0 Å². The van der Waals surface area contributed by atoms with Gasteiger partial charge in [0, 0.05) is 5.54 Å². The third-order valence-electron chi connectivity index (χ3n) is 5.85. The maximum absolute atomic E-state index is 6.74. The van der Waals surface area contributed by atoms with Crippen LogP contribution in [0.3, 0.4) is 0 Å². The SMILES string of the molecule is CCC1CCC(C2(N)CCC(CC)CC2)CC1. The predicted octanol–water partition coefficient (Wildman–Crippen LogP) is 4.50. The van der Waals surface area contributed by atoms with E-state index < -0.39 is 0 Å². The third-order valence-corrected chi connectivity index (χ3v) is 5.85. The van der Waals surface area contributed by atoms with Gasteiger partial charge in [-0.2, -0.15) is 0 Å². The summed E-state index contributed by atoms with van der Waals surface area (Å²) in [6.45, 7) is 4.68. The summed E-state index contributed by atoms with van der Waals surface area (Å²) in [5.41, 5.74) is 6.95. The smallest absolute Gasteiger partial charge is 0.0183 e. The number of rotatable bonds is 3. The molecule has 2 aliphatic rings. The molecule has 0 bridgehead atoms. The lowest BCUT2D eigenvalue weighted by Crippen LogP contribution is -2.50. The molecule has 0 aromatic heterocycles. The molecule has 2 rings (SSSR count). The lowest BCUT2D eigenvalue weighted by molar-refractivity contribution is 0.112. The number of hydrogen-bond donors (Lipinski definition) is 1. The van der Waals surface area contributed by atoms with Crippen LogP contribution in [0.2, 0.25) is 0 Å². The summed E-state index contributed by atoms with van der Waals surface area (Å²) in [6.07, 6.45) is 13.8. The van der Waals surface area contributed by atoms with Gasteiger partial charge < -0.3 is 5.73 Å². The Kier molecular flexibility index (Phi) is 4.52. The molecule has 0 aliphatic heterocycles. The van der Waals surface area contributed by atoms with Crippen LogP contribution in [0.5, 0.6) is 0 Å². The fourth-order valence-corrected chi connectivity index (χ4v) is 4.18. The lowest BCUT2D eigenvalue weighted by atomic mass is 9.64. The fraction of sp³-hybridized carbons (Fsp3) is 1.00. The van der Waals surface area contributed by atoms with Crippen molar-refractivity contribution in [2.75, 3.05) is 0 Å². The van der Waals surface area contributed by atoms with Crippen LogP contribution in [0.15, 0.2) is 0 Å². The van der Waals surface area contributed by atoms with Crippen molar-refractivity contribution in [3.8, 4) is 0 Å². The van der Waals surface area contributed by atoms with Crippen molar-refractivity contribution >= 4 is 0 Å². The molecule has 0 aromatic carbocycles. The number of hydrogen-bond acceptors (Lipinski definition) is 1. The average molecular weight is 237 g/mol. The Labute approximate surface area is 108 Å². The first-order valence-corrected chi connectivity index (χ1v) is 7.96. The van der Waals surface area contributed by atoms with Crippen molar-refractivity contribution < 1.29 is 0 Å². The van der Waals surface area contributed by atoms with Crippen LogP contribution < -0.4 is 5.73 Å². The summed E-state index contributed by atoms with van der Waals surface area (Å²) >= 11 is 0. The van der Waals surface area contributed by atoms with Crippen molar-refractivity contribution in [3.05, 3.63) is 0 Å². The molecule has 0 saturated heterocycles. The molecule has 0 unspecified atom stereocenters. The van der Waals surface area contributed by atoms with Crippen LogP contribution in [0.4, 0.5) is 0 Å². The van der Waals surface area contributed by atoms with Crippen LogP contribution in [0.1, 0.15) is 78.1 Å². The van der Waals surface area contributed by atoms with Crippen molar-refractivity contribution in [3.63, 3.8) is 0 Å². The van der Waals surface area contributed by atoms with Crippen LogP contribution in [-0.4, -0.2) is 5.54 Å². The Morgan fingerprint density at radius 3 is 1.76 bits per heavy atom. The molecular formula is C16H31N. The normalized spacial score (nSPS) is 43.6. The van der Waals surface area contributed by atoms with Gasteiger partial charge in [0.1, 0.15) is 0 Å². The molecule has 0 atom stereocenters. The molecule has 0 aromatic rings. The highest BCUT2D eigenvalue weighted by Crippen LogP contribution is 2.43. The van der Waals surface area contributed by atoms with E-state index in [1.807, 2.05) is 0 Å². The van der Waals surface area contributed by atoms with Gasteiger partial charge in [-0.05, 0) is 56.3 Å². The van der Waals surface area contributed by atoms with E-state index in [1.165, 1.54) is 64.2 Å². The summed E-state index contributed by atoms with van der Waals surface area (Å²) in [6, 6.07) is 0. The molecule has 2 fully saturated rings. The van der Waals surface area contributed by atoms with Gasteiger partial charge in [0.05, 0.1) is 0 Å². The second kappa shape index (κ2) is 5.73. The minimum absolute atomic E-state index is 0.213. The van der Waals surface area contributed by atoms with Gasteiger partial charge in [-0.1, -0.05) is 39.5 Å². The van der Waals surface area contributed by atoms with Gasteiger partial charge in [0.15, 0.2) is 0 Å². The third kappa shape index (κ3) is 3.05. The maximum Gasteiger partial charge on any atom is 0.0183 e. The van der Waals surface area contributed by atoms with Crippen LogP contribution >= 0.6 is 0 Å². The Bertz CT molecular complexity index is 220. The molecule has 2 saturated carbocycles. The van der Waals surface area contributed by atoms with Crippen molar-refractivity contribution in [2.45, 2.75) is 83.6 Å². The van der Waals surface area contributed by atoms with E-state index in [1.54, 1.807) is 0 Å². The fourth-order valence-electron chi connectivity index (χ4n) is 4.18. The monoisotopic (exact) mass is 237 g/mol. The summed E-state index contributed by atoms with van der Waals surface area (Å²) in [7, 11) is 0. The quantitative estimate of drug-likeness (QED) is 0.768. The largest absolute Gasteiger partial charge is 0.325 e. The molecule has 1 nitrogen and oxygen atoms in total. The van der Waals surface area contributed by atoms with Gasteiger partial charge in [-0.25, -0.2) is 0 Å². The maximum atomic E-state index is 6.74. The highest BCUT2D eigenvalue weighted by atomic mass is 14.8.